The molecule has 0 bridgehead atoms. The van der Waals surface area contributed by atoms with Gasteiger partial charge in [-0.05, 0) is 36.0 Å². The molecule has 0 radical (unpaired) electrons. The summed E-state index contributed by atoms with van der Waals surface area (Å²) >= 11 is 0. The highest BCUT2D eigenvalue weighted by molar-refractivity contribution is 6.35. The van der Waals surface area contributed by atoms with E-state index in [4.69, 9.17) is 0 Å². The minimum atomic E-state index is -0.401. The average Bonchev–Trinajstić information content (AvgIpc) is 2.79. The van der Waals surface area contributed by atoms with Crippen LogP contribution in [0.1, 0.15) is 29.9 Å². The molecule has 1 saturated carbocycles. The number of benzene rings is 2. The Morgan fingerprint density at radius 2 is 1.52 bits per heavy atom. The number of piperazine rings is 1. The zero-order valence-corrected chi connectivity index (χ0v) is 17.4. The van der Waals surface area contributed by atoms with Gasteiger partial charge >= 0.3 is 11.8 Å². The van der Waals surface area contributed by atoms with E-state index in [9.17, 15) is 9.59 Å². The summed E-state index contributed by atoms with van der Waals surface area (Å²) in [5, 5.41) is 0. The molecule has 2 heterocycles. The molecule has 3 aromatic rings. The Hall–Kier alpha value is -3.47. The van der Waals surface area contributed by atoms with Gasteiger partial charge in [0.05, 0.1) is 5.69 Å². The normalized spacial score (nSPS) is 21.2. The van der Waals surface area contributed by atoms with Crippen molar-refractivity contribution in [2.75, 3.05) is 13.1 Å². The second kappa shape index (κ2) is 8.34. The Balaban J connectivity index is 1.18. The molecule has 2 aliphatic rings. The molecule has 1 aromatic heterocycles. The number of nitrogens with zero attached hydrogens (tertiary/aromatic N) is 3. The Morgan fingerprint density at radius 3 is 2.19 bits per heavy atom. The second-order valence-electron chi connectivity index (χ2n) is 8.38. The van der Waals surface area contributed by atoms with Crippen molar-refractivity contribution in [2.24, 2.45) is 0 Å². The fraction of sp³-hybridized carbons (Fsp3) is 0.269. The molecule has 5 nitrogen and oxygen atoms in total. The van der Waals surface area contributed by atoms with Crippen molar-refractivity contribution in [3.63, 3.8) is 0 Å². The van der Waals surface area contributed by atoms with Crippen LogP contribution >= 0.6 is 0 Å². The van der Waals surface area contributed by atoms with Crippen LogP contribution in [0.15, 0.2) is 79.0 Å². The van der Waals surface area contributed by atoms with Crippen molar-refractivity contribution in [1.29, 1.82) is 0 Å². The van der Waals surface area contributed by atoms with Gasteiger partial charge in [0.25, 0.3) is 0 Å². The number of hydrogen-bond donors (Lipinski definition) is 0. The van der Waals surface area contributed by atoms with E-state index in [-0.39, 0.29) is 11.9 Å². The Bertz CT molecular complexity index is 1060. The third-order valence-corrected chi connectivity index (χ3v) is 6.43. The van der Waals surface area contributed by atoms with Crippen LogP contribution in [0.3, 0.4) is 0 Å². The van der Waals surface area contributed by atoms with Crippen LogP contribution in [-0.2, 0) is 16.1 Å². The molecule has 2 aromatic carbocycles. The Kier molecular flexibility index (Phi) is 5.24. The summed E-state index contributed by atoms with van der Waals surface area (Å²) in [5.74, 6) is -0.278. The molecule has 0 spiro atoms. The Morgan fingerprint density at radius 1 is 0.806 bits per heavy atom. The number of rotatable bonds is 5. The lowest BCUT2D eigenvalue weighted by molar-refractivity contribution is -0.159. The molecule has 156 valence electrons. The van der Waals surface area contributed by atoms with E-state index in [1.54, 1.807) is 16.0 Å². The molecule has 2 amide bonds. The first-order valence-corrected chi connectivity index (χ1v) is 10.8. The van der Waals surface area contributed by atoms with E-state index < -0.39 is 5.91 Å². The summed E-state index contributed by atoms with van der Waals surface area (Å²) < 4.78 is 0. The summed E-state index contributed by atoms with van der Waals surface area (Å²) in [6.45, 7) is 1.58. The third-order valence-electron chi connectivity index (χ3n) is 6.43. The predicted molar refractivity (Wildman–Crippen MR) is 119 cm³/mol. The standard InChI is InChI=1S/C26H25N3O2/c30-25-26(31)29(23-15-22(16-23)20-7-3-1-4-8-20)14-13-28(25)18-19-11-12-24(27-17-19)21-9-5-2-6-10-21/h1-12,17,22-23H,13-16,18H2/t22-,23+. The zero-order valence-electron chi connectivity index (χ0n) is 17.4. The summed E-state index contributed by atoms with van der Waals surface area (Å²) in [4.78, 5) is 33.5. The first kappa shape index (κ1) is 19.5. The first-order chi connectivity index (χ1) is 15.2. The molecule has 0 atom stereocenters. The molecule has 0 N–H and O–H groups in total. The van der Waals surface area contributed by atoms with Gasteiger partial charge in [-0.2, -0.15) is 0 Å². The topological polar surface area (TPSA) is 53.5 Å². The van der Waals surface area contributed by atoms with Crippen molar-refractivity contribution in [2.45, 2.75) is 31.3 Å². The van der Waals surface area contributed by atoms with Crippen molar-refractivity contribution in [1.82, 2.24) is 14.8 Å². The van der Waals surface area contributed by atoms with Crippen LogP contribution in [-0.4, -0.2) is 45.7 Å². The first-order valence-electron chi connectivity index (χ1n) is 10.8. The smallest absolute Gasteiger partial charge is 0.312 e. The molecule has 5 heteroatoms. The molecule has 1 aliphatic heterocycles. The number of pyridine rings is 1. The minimum absolute atomic E-state index is 0.177. The summed E-state index contributed by atoms with van der Waals surface area (Å²) in [6.07, 6.45) is 3.67. The lowest BCUT2D eigenvalue weighted by Crippen LogP contribution is -2.59. The van der Waals surface area contributed by atoms with Gasteiger partial charge in [-0.3, -0.25) is 14.6 Å². The molecular weight excluding hydrogens is 386 g/mol. The number of carbonyl (C=O) groups is 2. The van der Waals surface area contributed by atoms with E-state index in [0.717, 1.165) is 29.7 Å². The predicted octanol–water partition coefficient (Wildman–Crippen LogP) is 3.87. The maximum Gasteiger partial charge on any atom is 0.312 e. The molecular formula is C26H25N3O2. The van der Waals surface area contributed by atoms with Gasteiger partial charge in [0.1, 0.15) is 0 Å². The van der Waals surface area contributed by atoms with E-state index in [1.807, 2.05) is 48.5 Å². The molecule has 2 fully saturated rings. The van der Waals surface area contributed by atoms with Crippen molar-refractivity contribution < 1.29 is 9.59 Å². The van der Waals surface area contributed by atoms with Gasteiger partial charge in [-0.1, -0.05) is 66.7 Å². The van der Waals surface area contributed by atoms with Gasteiger partial charge in [-0.15, -0.1) is 0 Å². The van der Waals surface area contributed by atoms with E-state index in [1.165, 1.54) is 5.56 Å². The van der Waals surface area contributed by atoms with Crippen LogP contribution in [0.2, 0.25) is 0 Å². The van der Waals surface area contributed by atoms with Crippen LogP contribution in [0, 0.1) is 0 Å². The van der Waals surface area contributed by atoms with Gasteiger partial charge in [0, 0.05) is 37.4 Å². The van der Waals surface area contributed by atoms with Crippen LogP contribution in [0.4, 0.5) is 0 Å². The third kappa shape index (κ3) is 3.96. The van der Waals surface area contributed by atoms with Gasteiger partial charge in [0.2, 0.25) is 0 Å². The SMILES string of the molecule is O=C1C(=O)N([C@H]2C[C@@H](c3ccccc3)C2)CCN1Cc1ccc(-c2ccccc2)nc1. The van der Waals surface area contributed by atoms with E-state index in [2.05, 4.69) is 29.2 Å². The largest absolute Gasteiger partial charge is 0.330 e. The van der Waals surface area contributed by atoms with Crippen molar-refractivity contribution >= 4 is 11.8 Å². The number of amides is 2. The molecule has 1 aliphatic carbocycles. The molecule has 0 unspecified atom stereocenters. The minimum Gasteiger partial charge on any atom is -0.330 e. The molecule has 1 saturated heterocycles. The maximum absolute atomic E-state index is 12.8. The second-order valence-corrected chi connectivity index (χ2v) is 8.38. The highest BCUT2D eigenvalue weighted by Gasteiger charge is 2.42. The molecule has 5 rings (SSSR count). The van der Waals surface area contributed by atoms with Gasteiger partial charge < -0.3 is 9.80 Å². The fourth-order valence-electron chi connectivity index (χ4n) is 4.55. The van der Waals surface area contributed by atoms with Gasteiger partial charge in [-0.25, -0.2) is 0 Å². The maximum atomic E-state index is 12.8. The lowest BCUT2D eigenvalue weighted by Gasteiger charge is -2.46. The highest BCUT2D eigenvalue weighted by Crippen LogP contribution is 2.40. The van der Waals surface area contributed by atoms with Crippen LogP contribution < -0.4 is 0 Å². The average molecular weight is 412 g/mol. The number of carbonyl (C=O) groups excluding carboxylic acids is 2. The van der Waals surface area contributed by atoms with Crippen molar-refractivity contribution in [3.05, 3.63) is 90.1 Å². The summed E-state index contributed by atoms with van der Waals surface area (Å²) in [5.41, 5.74) is 4.21. The summed E-state index contributed by atoms with van der Waals surface area (Å²) in [6, 6.07) is 24.5. The lowest BCUT2D eigenvalue weighted by atomic mass is 9.75. The van der Waals surface area contributed by atoms with Crippen LogP contribution in [0.25, 0.3) is 11.3 Å². The van der Waals surface area contributed by atoms with E-state index in [0.29, 0.717) is 25.6 Å². The fourth-order valence-corrected chi connectivity index (χ4v) is 4.55. The number of hydrogen-bond acceptors (Lipinski definition) is 3. The zero-order chi connectivity index (χ0) is 21.2. The molecule has 31 heavy (non-hydrogen) atoms. The van der Waals surface area contributed by atoms with E-state index >= 15 is 0 Å². The Labute approximate surface area is 182 Å². The highest BCUT2D eigenvalue weighted by atomic mass is 16.2. The summed E-state index contributed by atoms with van der Waals surface area (Å²) in [7, 11) is 0. The number of aromatic nitrogens is 1. The van der Waals surface area contributed by atoms with Crippen molar-refractivity contribution in [3.8, 4) is 11.3 Å². The van der Waals surface area contributed by atoms with Crippen LogP contribution in [0.5, 0.6) is 0 Å². The quantitative estimate of drug-likeness (QED) is 0.599. The monoisotopic (exact) mass is 411 g/mol. The van der Waals surface area contributed by atoms with Gasteiger partial charge in [0.15, 0.2) is 0 Å².